The molecule has 0 fully saturated rings. The Labute approximate surface area is 110 Å². The van der Waals surface area contributed by atoms with Crippen molar-refractivity contribution in [2.24, 2.45) is 0 Å². The predicted molar refractivity (Wildman–Crippen MR) is 70.9 cm³/mol. The number of rotatable bonds is 6. The van der Waals surface area contributed by atoms with Crippen molar-refractivity contribution in [3.8, 4) is 11.5 Å². The maximum atomic E-state index is 11.2. The van der Waals surface area contributed by atoms with Crippen LogP contribution in [0.2, 0.25) is 0 Å². The van der Waals surface area contributed by atoms with E-state index in [0.717, 1.165) is 5.39 Å². The van der Waals surface area contributed by atoms with Gasteiger partial charge in [0.1, 0.15) is 5.58 Å². The van der Waals surface area contributed by atoms with Crippen molar-refractivity contribution >= 4 is 11.0 Å². The van der Waals surface area contributed by atoms with Crippen LogP contribution in [0.15, 0.2) is 33.5 Å². The smallest absolute Gasteiger partial charge is 0.336 e. The molecule has 0 saturated carbocycles. The molecular weight excluding hydrogens is 248 g/mol. The zero-order chi connectivity index (χ0) is 13.7. The lowest BCUT2D eigenvalue weighted by atomic mass is 10.2. The molecule has 0 spiro atoms. The summed E-state index contributed by atoms with van der Waals surface area (Å²) in [5.41, 5.74) is 0.0490. The first-order valence-electron chi connectivity index (χ1n) is 6.19. The molecule has 0 aliphatic heterocycles. The highest BCUT2D eigenvalue weighted by Gasteiger charge is 2.09. The van der Waals surface area contributed by atoms with Gasteiger partial charge in [-0.2, -0.15) is 0 Å². The summed E-state index contributed by atoms with van der Waals surface area (Å²) in [5.74, 6) is 1.11. The Morgan fingerprint density at radius 1 is 1.21 bits per heavy atom. The van der Waals surface area contributed by atoms with E-state index in [4.69, 9.17) is 19.0 Å². The highest BCUT2D eigenvalue weighted by molar-refractivity contribution is 5.80. The maximum absolute atomic E-state index is 11.2. The van der Waals surface area contributed by atoms with E-state index < -0.39 is 5.63 Å². The number of aliphatic hydroxyl groups is 1. The third kappa shape index (κ3) is 3.26. The molecule has 5 heteroatoms. The second-order valence-corrected chi connectivity index (χ2v) is 3.95. The van der Waals surface area contributed by atoms with Crippen molar-refractivity contribution in [1.82, 2.24) is 0 Å². The third-order valence-electron chi connectivity index (χ3n) is 2.55. The fourth-order valence-electron chi connectivity index (χ4n) is 1.70. The van der Waals surface area contributed by atoms with Crippen molar-refractivity contribution in [3.63, 3.8) is 0 Å². The molecule has 0 unspecified atom stereocenters. The number of hydrogen-bond acceptors (Lipinski definition) is 5. The van der Waals surface area contributed by atoms with E-state index in [2.05, 4.69) is 0 Å². The highest BCUT2D eigenvalue weighted by Crippen LogP contribution is 2.32. The van der Waals surface area contributed by atoms with Crippen LogP contribution in [-0.2, 0) is 0 Å². The first kappa shape index (κ1) is 13.4. The number of ether oxygens (including phenoxy) is 2. The molecule has 0 saturated heterocycles. The lowest BCUT2D eigenvalue weighted by Crippen LogP contribution is -2.03. The second-order valence-electron chi connectivity index (χ2n) is 3.95. The first-order valence-corrected chi connectivity index (χ1v) is 6.19. The summed E-state index contributed by atoms with van der Waals surface area (Å²) in [6.07, 6.45) is 0.530. The van der Waals surface area contributed by atoms with E-state index in [-0.39, 0.29) is 6.61 Å². The Morgan fingerprint density at radius 2 is 2.00 bits per heavy atom. The summed E-state index contributed by atoms with van der Waals surface area (Å²) >= 11 is 0. The van der Waals surface area contributed by atoms with E-state index in [1.807, 2.05) is 6.92 Å². The second kappa shape index (κ2) is 6.24. The van der Waals surface area contributed by atoms with E-state index in [9.17, 15) is 4.79 Å². The standard InChI is InChI=1S/C14H16O5/c1-2-17-12-8-10-4-5-14(16)19-11(10)9-13(12)18-7-3-6-15/h4-5,8-9,15H,2-3,6-7H2,1H3. The van der Waals surface area contributed by atoms with Crippen LogP contribution in [0.4, 0.5) is 0 Å². The highest BCUT2D eigenvalue weighted by atomic mass is 16.5. The van der Waals surface area contributed by atoms with E-state index in [1.54, 1.807) is 18.2 Å². The van der Waals surface area contributed by atoms with Gasteiger partial charge in [-0.25, -0.2) is 4.79 Å². The average Bonchev–Trinajstić information content (AvgIpc) is 2.40. The molecule has 5 nitrogen and oxygen atoms in total. The minimum atomic E-state index is -0.405. The molecule has 0 atom stereocenters. The number of aliphatic hydroxyl groups excluding tert-OH is 1. The summed E-state index contributed by atoms with van der Waals surface area (Å²) in [6, 6.07) is 6.46. The molecule has 1 aromatic carbocycles. The normalized spacial score (nSPS) is 10.6. The Morgan fingerprint density at radius 3 is 2.74 bits per heavy atom. The molecule has 1 heterocycles. The van der Waals surface area contributed by atoms with Crippen molar-refractivity contribution in [2.45, 2.75) is 13.3 Å². The molecule has 102 valence electrons. The minimum absolute atomic E-state index is 0.0621. The number of hydrogen-bond donors (Lipinski definition) is 1. The van der Waals surface area contributed by atoms with Crippen LogP contribution in [0, 0.1) is 0 Å². The SMILES string of the molecule is CCOc1cc2ccc(=O)oc2cc1OCCCO. The molecule has 0 aliphatic rings. The number of benzene rings is 1. The van der Waals surface area contributed by atoms with E-state index >= 15 is 0 Å². The predicted octanol–water partition coefficient (Wildman–Crippen LogP) is 1.95. The lowest BCUT2D eigenvalue weighted by molar-refractivity contribution is 0.225. The van der Waals surface area contributed by atoms with Gasteiger partial charge in [-0.05, 0) is 19.1 Å². The van der Waals surface area contributed by atoms with Crippen LogP contribution in [-0.4, -0.2) is 24.9 Å². The van der Waals surface area contributed by atoms with Gasteiger partial charge in [0.25, 0.3) is 0 Å². The Bertz CT molecular complexity index is 602. The van der Waals surface area contributed by atoms with Crippen LogP contribution in [0.25, 0.3) is 11.0 Å². The lowest BCUT2D eigenvalue weighted by Gasteiger charge is -2.12. The third-order valence-corrected chi connectivity index (χ3v) is 2.55. The van der Waals surface area contributed by atoms with Gasteiger partial charge in [-0.15, -0.1) is 0 Å². The summed E-state index contributed by atoms with van der Waals surface area (Å²) < 4.78 is 16.1. The summed E-state index contributed by atoms with van der Waals surface area (Å²) in [7, 11) is 0. The molecule has 2 rings (SSSR count). The largest absolute Gasteiger partial charge is 0.490 e. The molecule has 0 aliphatic carbocycles. The minimum Gasteiger partial charge on any atom is -0.490 e. The van der Waals surface area contributed by atoms with Gasteiger partial charge in [0.15, 0.2) is 11.5 Å². The fourth-order valence-corrected chi connectivity index (χ4v) is 1.70. The monoisotopic (exact) mass is 264 g/mol. The summed E-state index contributed by atoms with van der Waals surface area (Å²) in [6.45, 7) is 2.83. The van der Waals surface area contributed by atoms with Crippen molar-refractivity contribution in [2.75, 3.05) is 19.8 Å². The van der Waals surface area contributed by atoms with Crippen molar-refractivity contribution < 1.29 is 19.0 Å². The molecule has 0 bridgehead atoms. The molecular formula is C14H16O5. The molecule has 0 radical (unpaired) electrons. The van der Waals surface area contributed by atoms with Crippen LogP contribution in [0.5, 0.6) is 11.5 Å². The Hall–Kier alpha value is -2.01. The molecule has 0 amide bonds. The van der Waals surface area contributed by atoms with Crippen molar-refractivity contribution in [1.29, 1.82) is 0 Å². The average molecular weight is 264 g/mol. The molecule has 1 aromatic heterocycles. The number of fused-ring (bicyclic) bond motifs is 1. The molecule has 2 aromatic rings. The zero-order valence-corrected chi connectivity index (χ0v) is 10.7. The van der Waals surface area contributed by atoms with Gasteiger partial charge in [0, 0.05) is 30.5 Å². The Balaban J connectivity index is 2.39. The van der Waals surface area contributed by atoms with E-state index in [1.165, 1.54) is 6.07 Å². The molecule has 19 heavy (non-hydrogen) atoms. The van der Waals surface area contributed by atoms with Crippen LogP contribution < -0.4 is 15.1 Å². The topological polar surface area (TPSA) is 68.9 Å². The van der Waals surface area contributed by atoms with Gasteiger partial charge in [-0.1, -0.05) is 0 Å². The van der Waals surface area contributed by atoms with Gasteiger partial charge < -0.3 is 19.0 Å². The van der Waals surface area contributed by atoms with Gasteiger partial charge in [0.05, 0.1) is 13.2 Å². The fraction of sp³-hybridized carbons (Fsp3) is 0.357. The van der Waals surface area contributed by atoms with Gasteiger partial charge in [-0.3, -0.25) is 0 Å². The first-order chi connectivity index (χ1) is 9.24. The molecule has 1 N–H and O–H groups in total. The Kier molecular flexibility index (Phi) is 4.41. The zero-order valence-electron chi connectivity index (χ0n) is 10.7. The van der Waals surface area contributed by atoms with Crippen LogP contribution in [0.1, 0.15) is 13.3 Å². The van der Waals surface area contributed by atoms with Crippen LogP contribution in [0.3, 0.4) is 0 Å². The quantitative estimate of drug-likeness (QED) is 0.638. The van der Waals surface area contributed by atoms with E-state index in [0.29, 0.717) is 36.7 Å². The van der Waals surface area contributed by atoms with Crippen molar-refractivity contribution in [3.05, 3.63) is 34.7 Å². The van der Waals surface area contributed by atoms with Crippen LogP contribution >= 0.6 is 0 Å². The van der Waals surface area contributed by atoms with Gasteiger partial charge >= 0.3 is 5.63 Å². The maximum Gasteiger partial charge on any atom is 0.336 e. The summed E-state index contributed by atoms with van der Waals surface area (Å²) in [4.78, 5) is 11.2. The van der Waals surface area contributed by atoms with Gasteiger partial charge in [0.2, 0.25) is 0 Å². The summed E-state index contributed by atoms with van der Waals surface area (Å²) in [5, 5.41) is 9.53.